The fourth-order valence-electron chi connectivity index (χ4n) is 3.72. The molecule has 1 atom stereocenters. The summed E-state index contributed by atoms with van der Waals surface area (Å²) in [7, 11) is 4.05. The molecule has 8 heteroatoms. The summed E-state index contributed by atoms with van der Waals surface area (Å²) >= 11 is 1.77. The third kappa shape index (κ3) is 3.43. The lowest BCUT2D eigenvalue weighted by Crippen LogP contribution is -2.28. The summed E-state index contributed by atoms with van der Waals surface area (Å²) in [5.74, 6) is 1.44. The lowest BCUT2D eigenvalue weighted by atomic mass is 9.89. The first-order valence-corrected chi connectivity index (χ1v) is 10.4. The van der Waals surface area contributed by atoms with Crippen LogP contribution in [0.5, 0.6) is 0 Å². The third-order valence-corrected chi connectivity index (χ3v) is 6.35. The summed E-state index contributed by atoms with van der Waals surface area (Å²) in [6.07, 6.45) is 4.28. The van der Waals surface area contributed by atoms with Crippen molar-refractivity contribution in [3.8, 4) is 0 Å². The topological polar surface area (TPSA) is 75.4 Å². The number of hydrogen-bond acceptors (Lipinski definition) is 6. The molecule has 3 heterocycles. The van der Waals surface area contributed by atoms with Crippen LogP contribution in [0.3, 0.4) is 0 Å². The number of aromatic nitrogens is 4. The monoisotopic (exact) mass is 386 g/mol. The highest BCUT2D eigenvalue weighted by atomic mass is 32.1. The molecule has 0 unspecified atom stereocenters. The van der Waals surface area contributed by atoms with E-state index in [0.29, 0.717) is 12.5 Å². The van der Waals surface area contributed by atoms with Gasteiger partial charge in [-0.15, -0.1) is 16.4 Å². The molecule has 1 amide bonds. The van der Waals surface area contributed by atoms with Gasteiger partial charge in [-0.3, -0.25) is 4.79 Å². The van der Waals surface area contributed by atoms with Gasteiger partial charge in [0.2, 0.25) is 5.82 Å². The maximum Gasteiger partial charge on any atom is 0.290 e. The number of amides is 1. The van der Waals surface area contributed by atoms with Gasteiger partial charge >= 0.3 is 0 Å². The van der Waals surface area contributed by atoms with E-state index in [-0.39, 0.29) is 11.7 Å². The summed E-state index contributed by atoms with van der Waals surface area (Å²) in [6, 6.07) is 0. The second kappa shape index (κ2) is 7.16. The number of carbonyl (C=O) groups excluding carboxylic acids is 1. The second-order valence-corrected chi connectivity index (χ2v) is 8.86. The Kier molecular flexibility index (Phi) is 4.86. The fraction of sp³-hybridized carbons (Fsp3) is 0.579. The van der Waals surface area contributed by atoms with E-state index in [2.05, 4.69) is 27.2 Å². The lowest BCUT2D eigenvalue weighted by Gasteiger charge is -2.17. The van der Waals surface area contributed by atoms with E-state index in [9.17, 15) is 4.79 Å². The van der Waals surface area contributed by atoms with Gasteiger partial charge < -0.3 is 10.2 Å². The number of carbonyl (C=O) groups is 1. The zero-order chi connectivity index (χ0) is 19.1. The normalized spacial score (nSPS) is 17.0. The van der Waals surface area contributed by atoms with Gasteiger partial charge in [0.15, 0.2) is 5.65 Å². The van der Waals surface area contributed by atoms with E-state index >= 15 is 0 Å². The van der Waals surface area contributed by atoms with E-state index in [0.717, 1.165) is 47.5 Å². The molecule has 0 radical (unpaired) electrons. The van der Waals surface area contributed by atoms with Crippen molar-refractivity contribution in [1.29, 1.82) is 0 Å². The Bertz CT molecular complexity index is 1000. The number of thiophene rings is 1. The van der Waals surface area contributed by atoms with Crippen LogP contribution in [0.4, 0.5) is 0 Å². The highest BCUT2D eigenvalue weighted by Gasteiger charge is 2.25. The molecule has 0 fully saturated rings. The number of hydrogen-bond donors (Lipinski definition) is 1. The van der Waals surface area contributed by atoms with E-state index < -0.39 is 0 Å². The number of nitrogens with one attached hydrogen (secondary N) is 1. The molecule has 0 bridgehead atoms. The molecular formula is C19H26N6OS. The lowest BCUT2D eigenvalue weighted by molar-refractivity contribution is 0.0942. The summed E-state index contributed by atoms with van der Waals surface area (Å²) in [5, 5.41) is 8.46. The van der Waals surface area contributed by atoms with Gasteiger partial charge in [-0.05, 0) is 64.7 Å². The van der Waals surface area contributed by atoms with E-state index in [1.165, 1.54) is 16.9 Å². The summed E-state index contributed by atoms with van der Waals surface area (Å²) in [5.41, 5.74) is 2.12. The van der Waals surface area contributed by atoms with Crippen LogP contribution in [0.15, 0.2) is 0 Å². The van der Waals surface area contributed by atoms with E-state index in [1.807, 2.05) is 21.0 Å². The molecule has 0 saturated heterocycles. The fourth-order valence-corrected chi connectivity index (χ4v) is 4.98. The van der Waals surface area contributed by atoms with Crippen LogP contribution in [-0.2, 0) is 12.8 Å². The minimum Gasteiger partial charge on any atom is -0.349 e. The Labute approximate surface area is 162 Å². The van der Waals surface area contributed by atoms with Gasteiger partial charge in [0.25, 0.3) is 5.91 Å². The Morgan fingerprint density at radius 1 is 1.37 bits per heavy atom. The van der Waals surface area contributed by atoms with Gasteiger partial charge in [0, 0.05) is 11.4 Å². The molecule has 0 saturated carbocycles. The molecule has 27 heavy (non-hydrogen) atoms. The van der Waals surface area contributed by atoms with Crippen LogP contribution in [0.2, 0.25) is 0 Å². The molecule has 0 aromatic carbocycles. The Balaban J connectivity index is 1.69. The maximum absolute atomic E-state index is 12.5. The molecule has 0 aliphatic heterocycles. The smallest absolute Gasteiger partial charge is 0.290 e. The first-order valence-electron chi connectivity index (χ1n) is 9.54. The minimum atomic E-state index is -0.220. The van der Waals surface area contributed by atoms with E-state index in [4.69, 9.17) is 4.98 Å². The van der Waals surface area contributed by atoms with Gasteiger partial charge in [-0.1, -0.05) is 6.92 Å². The number of rotatable bonds is 5. The Hall–Kier alpha value is -2.06. The number of aryl methyl sites for hydroxylation is 2. The van der Waals surface area contributed by atoms with Crippen molar-refractivity contribution in [3.63, 3.8) is 0 Å². The van der Waals surface area contributed by atoms with Crippen LogP contribution in [0.1, 0.15) is 46.6 Å². The van der Waals surface area contributed by atoms with Crippen LogP contribution in [0, 0.1) is 12.8 Å². The first kappa shape index (κ1) is 18.3. The van der Waals surface area contributed by atoms with Crippen LogP contribution in [0.25, 0.3) is 15.9 Å². The number of fused-ring (bicyclic) bond motifs is 5. The third-order valence-electron chi connectivity index (χ3n) is 5.16. The SMILES string of the molecule is Cc1nc2sc3c(c2c2nc(C(=O)NCCCN(C)C)nn12)C[C@H](C)CC3. The average Bonchev–Trinajstić information content (AvgIpc) is 3.19. The zero-order valence-electron chi connectivity index (χ0n) is 16.4. The van der Waals surface area contributed by atoms with Crippen molar-refractivity contribution in [1.82, 2.24) is 29.8 Å². The molecule has 1 aliphatic carbocycles. The van der Waals surface area contributed by atoms with Crippen molar-refractivity contribution in [2.75, 3.05) is 27.2 Å². The molecule has 4 rings (SSSR count). The number of nitrogens with zero attached hydrogens (tertiary/aromatic N) is 5. The molecule has 0 spiro atoms. The predicted molar refractivity (Wildman–Crippen MR) is 108 cm³/mol. The quantitative estimate of drug-likeness (QED) is 0.682. The molecule has 144 valence electrons. The highest BCUT2D eigenvalue weighted by Crippen LogP contribution is 2.38. The van der Waals surface area contributed by atoms with E-state index in [1.54, 1.807) is 15.9 Å². The summed E-state index contributed by atoms with van der Waals surface area (Å²) < 4.78 is 1.73. The van der Waals surface area contributed by atoms with Gasteiger partial charge in [-0.2, -0.15) is 4.52 Å². The van der Waals surface area contributed by atoms with Crippen molar-refractivity contribution < 1.29 is 4.79 Å². The van der Waals surface area contributed by atoms with Crippen LogP contribution in [-0.4, -0.2) is 57.6 Å². The molecule has 3 aromatic heterocycles. The molecular weight excluding hydrogens is 360 g/mol. The van der Waals surface area contributed by atoms with Gasteiger partial charge in [0.1, 0.15) is 10.7 Å². The zero-order valence-corrected chi connectivity index (χ0v) is 17.2. The maximum atomic E-state index is 12.5. The van der Waals surface area contributed by atoms with Gasteiger partial charge in [0.05, 0.1) is 5.39 Å². The summed E-state index contributed by atoms with van der Waals surface area (Å²) in [4.78, 5) is 26.4. The first-order chi connectivity index (χ1) is 12.9. The molecule has 7 nitrogen and oxygen atoms in total. The Morgan fingerprint density at radius 3 is 2.96 bits per heavy atom. The highest BCUT2D eigenvalue weighted by molar-refractivity contribution is 7.19. The van der Waals surface area contributed by atoms with Crippen molar-refractivity contribution in [2.45, 2.75) is 39.5 Å². The van der Waals surface area contributed by atoms with Crippen molar-refractivity contribution in [2.24, 2.45) is 5.92 Å². The molecule has 1 aliphatic rings. The van der Waals surface area contributed by atoms with Crippen LogP contribution >= 0.6 is 11.3 Å². The molecule has 1 N–H and O–H groups in total. The van der Waals surface area contributed by atoms with Crippen molar-refractivity contribution in [3.05, 3.63) is 22.1 Å². The standard InChI is InChI=1S/C19H26N6OS/c1-11-6-7-14-13(10-11)15-17-22-16(18(26)20-8-5-9-24(3)4)23-25(17)12(2)21-19(15)27-14/h11H,5-10H2,1-4H3,(H,20,26)/t11-/m1/s1. The van der Waals surface area contributed by atoms with Crippen LogP contribution < -0.4 is 5.32 Å². The summed E-state index contributed by atoms with van der Waals surface area (Å²) in [6.45, 7) is 5.76. The van der Waals surface area contributed by atoms with Crippen molar-refractivity contribution >= 4 is 33.1 Å². The predicted octanol–water partition coefficient (Wildman–Crippen LogP) is 2.45. The average molecular weight is 387 g/mol. The second-order valence-electron chi connectivity index (χ2n) is 7.77. The van der Waals surface area contributed by atoms with Gasteiger partial charge in [-0.25, -0.2) is 9.97 Å². The minimum absolute atomic E-state index is 0.220. The molecule has 3 aromatic rings. The largest absolute Gasteiger partial charge is 0.349 e. The Morgan fingerprint density at radius 2 is 2.19 bits per heavy atom.